The Morgan fingerprint density at radius 2 is 1.63 bits per heavy atom. The van der Waals surface area contributed by atoms with Crippen LogP contribution in [0.2, 0.25) is 0 Å². The number of rotatable bonds is 14. The molecule has 1 aromatic rings. The number of hydrogen-bond acceptors (Lipinski definition) is 1. The molecule has 0 aromatic heterocycles. The Bertz CT molecular complexity index is 462. The third kappa shape index (κ3) is 7.98. The van der Waals surface area contributed by atoms with Crippen LogP contribution in [-0.2, 0) is 6.54 Å². The molecule has 1 aromatic carbocycles. The zero-order valence-electron chi connectivity index (χ0n) is 18.5. The largest absolute Gasteiger partial charge is 0.299 e. The zero-order chi connectivity index (χ0) is 19.3. The van der Waals surface area contributed by atoms with E-state index in [4.69, 9.17) is 0 Å². The Labute approximate surface area is 169 Å². The smallest absolute Gasteiger partial charge is 0.0233 e. The van der Waals surface area contributed by atoms with Crippen LogP contribution in [0.4, 0.5) is 0 Å². The average Bonchev–Trinajstić information content (AvgIpc) is 3.23. The number of hydrogen-bond donors (Lipinski definition) is 0. The summed E-state index contributed by atoms with van der Waals surface area (Å²) in [4.78, 5) is 2.73. The van der Waals surface area contributed by atoms with Gasteiger partial charge in [-0.25, -0.2) is 0 Å². The van der Waals surface area contributed by atoms with Gasteiger partial charge in [-0.2, -0.15) is 0 Å². The van der Waals surface area contributed by atoms with Crippen LogP contribution in [0.3, 0.4) is 0 Å². The van der Waals surface area contributed by atoms with E-state index in [0.717, 1.165) is 24.3 Å². The molecule has 1 aliphatic rings. The highest BCUT2D eigenvalue weighted by molar-refractivity contribution is 5.14. The minimum absolute atomic E-state index is 0.915. The summed E-state index contributed by atoms with van der Waals surface area (Å²) >= 11 is 0. The molecule has 27 heavy (non-hydrogen) atoms. The summed E-state index contributed by atoms with van der Waals surface area (Å²) in [5.41, 5.74) is 1.47. The first-order valence-electron chi connectivity index (χ1n) is 12.0. The Balaban J connectivity index is 2.03. The van der Waals surface area contributed by atoms with E-state index in [9.17, 15) is 0 Å². The molecule has 1 saturated carbocycles. The van der Waals surface area contributed by atoms with E-state index in [1.54, 1.807) is 0 Å². The van der Waals surface area contributed by atoms with Gasteiger partial charge in [0.1, 0.15) is 0 Å². The molecule has 0 aliphatic heterocycles. The van der Waals surface area contributed by atoms with Gasteiger partial charge in [0.05, 0.1) is 0 Å². The van der Waals surface area contributed by atoms with Crippen LogP contribution < -0.4 is 0 Å². The second kappa shape index (κ2) is 13.4. The fraction of sp³-hybridized carbons (Fsp3) is 0.769. The molecule has 1 nitrogen and oxygen atoms in total. The Morgan fingerprint density at radius 3 is 2.26 bits per heavy atom. The maximum atomic E-state index is 2.73. The van der Waals surface area contributed by atoms with Crippen molar-refractivity contribution in [3.8, 4) is 0 Å². The van der Waals surface area contributed by atoms with Crippen LogP contribution in [0.5, 0.6) is 0 Å². The lowest BCUT2D eigenvalue weighted by atomic mass is 9.75. The minimum atomic E-state index is 0.915. The second-order valence-corrected chi connectivity index (χ2v) is 8.92. The molecule has 0 bridgehead atoms. The van der Waals surface area contributed by atoms with Gasteiger partial charge in [-0.3, -0.25) is 4.90 Å². The maximum absolute atomic E-state index is 2.73. The van der Waals surface area contributed by atoms with Crippen LogP contribution in [0.1, 0.15) is 97.0 Å². The molecule has 0 amide bonds. The van der Waals surface area contributed by atoms with Gasteiger partial charge in [0.2, 0.25) is 0 Å². The van der Waals surface area contributed by atoms with Crippen molar-refractivity contribution in [3.05, 3.63) is 35.9 Å². The zero-order valence-corrected chi connectivity index (χ0v) is 18.5. The predicted molar refractivity (Wildman–Crippen MR) is 120 cm³/mol. The highest BCUT2D eigenvalue weighted by Gasteiger charge is 2.32. The van der Waals surface area contributed by atoms with Gasteiger partial charge in [-0.1, -0.05) is 122 Å². The molecular formula is C26H45N. The van der Waals surface area contributed by atoms with E-state index in [0.29, 0.717) is 0 Å². The SMILES string of the molecule is CCCCCCC(CCC)C(CN(CC)Cc1ccccc1)C1CCCC1. The molecule has 1 aliphatic carbocycles. The second-order valence-electron chi connectivity index (χ2n) is 8.92. The molecule has 0 radical (unpaired) electrons. The maximum Gasteiger partial charge on any atom is 0.0233 e. The van der Waals surface area contributed by atoms with Gasteiger partial charge < -0.3 is 0 Å². The van der Waals surface area contributed by atoms with Crippen molar-refractivity contribution in [1.29, 1.82) is 0 Å². The predicted octanol–water partition coefficient (Wildman–Crippen LogP) is 7.70. The summed E-state index contributed by atoms with van der Waals surface area (Å²) in [6, 6.07) is 11.1. The first-order valence-corrected chi connectivity index (χ1v) is 12.0. The molecule has 2 unspecified atom stereocenters. The standard InChI is InChI=1S/C26H45N/c1-4-7-8-12-18-24(15-5-2)26(25-19-13-14-20-25)22-27(6-3)21-23-16-10-9-11-17-23/h9-11,16-17,24-26H,4-8,12-15,18-22H2,1-3H3. The van der Waals surface area contributed by atoms with Gasteiger partial charge in [0.25, 0.3) is 0 Å². The van der Waals surface area contributed by atoms with Crippen molar-refractivity contribution in [2.45, 2.75) is 97.9 Å². The Morgan fingerprint density at radius 1 is 0.889 bits per heavy atom. The number of unbranched alkanes of at least 4 members (excludes halogenated alkanes) is 3. The van der Waals surface area contributed by atoms with E-state index in [1.807, 2.05) is 0 Å². The molecule has 2 atom stereocenters. The molecule has 1 heteroatoms. The lowest BCUT2D eigenvalue weighted by Crippen LogP contribution is -2.36. The van der Waals surface area contributed by atoms with Crippen LogP contribution in [-0.4, -0.2) is 18.0 Å². The fourth-order valence-corrected chi connectivity index (χ4v) is 5.29. The lowest BCUT2D eigenvalue weighted by molar-refractivity contribution is 0.125. The Hall–Kier alpha value is -0.820. The topological polar surface area (TPSA) is 3.24 Å². The first kappa shape index (κ1) is 22.5. The van der Waals surface area contributed by atoms with Crippen LogP contribution in [0, 0.1) is 17.8 Å². The van der Waals surface area contributed by atoms with E-state index in [1.165, 1.54) is 89.3 Å². The molecular weight excluding hydrogens is 326 g/mol. The van der Waals surface area contributed by atoms with Crippen LogP contribution in [0.25, 0.3) is 0 Å². The average molecular weight is 372 g/mol. The van der Waals surface area contributed by atoms with Gasteiger partial charge >= 0.3 is 0 Å². The summed E-state index contributed by atoms with van der Waals surface area (Å²) in [6.07, 6.45) is 15.8. The summed E-state index contributed by atoms with van der Waals surface area (Å²) in [6.45, 7) is 10.7. The van der Waals surface area contributed by atoms with Crippen molar-refractivity contribution in [3.63, 3.8) is 0 Å². The Kier molecular flexibility index (Phi) is 11.1. The third-order valence-electron chi connectivity index (χ3n) is 6.86. The summed E-state index contributed by atoms with van der Waals surface area (Å²) in [5.74, 6) is 2.84. The van der Waals surface area contributed by atoms with Gasteiger partial charge in [-0.15, -0.1) is 0 Å². The summed E-state index contributed by atoms with van der Waals surface area (Å²) in [7, 11) is 0. The first-order chi connectivity index (χ1) is 13.3. The highest BCUT2D eigenvalue weighted by Crippen LogP contribution is 2.39. The molecule has 0 saturated heterocycles. The van der Waals surface area contributed by atoms with E-state index in [2.05, 4.69) is 56.0 Å². The monoisotopic (exact) mass is 371 g/mol. The quantitative estimate of drug-likeness (QED) is 0.303. The van der Waals surface area contributed by atoms with Gasteiger partial charge in [0, 0.05) is 13.1 Å². The molecule has 0 spiro atoms. The fourth-order valence-electron chi connectivity index (χ4n) is 5.29. The number of benzene rings is 1. The van der Waals surface area contributed by atoms with Crippen LogP contribution in [0.15, 0.2) is 30.3 Å². The van der Waals surface area contributed by atoms with Crippen molar-refractivity contribution >= 4 is 0 Å². The normalized spacial score (nSPS) is 17.5. The molecule has 154 valence electrons. The van der Waals surface area contributed by atoms with Crippen molar-refractivity contribution in [2.75, 3.05) is 13.1 Å². The molecule has 0 N–H and O–H groups in total. The van der Waals surface area contributed by atoms with Crippen molar-refractivity contribution < 1.29 is 0 Å². The van der Waals surface area contributed by atoms with Crippen LogP contribution >= 0.6 is 0 Å². The van der Waals surface area contributed by atoms with Crippen molar-refractivity contribution in [1.82, 2.24) is 4.90 Å². The molecule has 1 fully saturated rings. The molecule has 0 heterocycles. The van der Waals surface area contributed by atoms with Crippen molar-refractivity contribution in [2.24, 2.45) is 17.8 Å². The minimum Gasteiger partial charge on any atom is -0.299 e. The third-order valence-corrected chi connectivity index (χ3v) is 6.86. The van der Waals surface area contributed by atoms with E-state index in [-0.39, 0.29) is 0 Å². The highest BCUT2D eigenvalue weighted by atomic mass is 15.1. The van der Waals surface area contributed by atoms with Gasteiger partial charge in [0.15, 0.2) is 0 Å². The van der Waals surface area contributed by atoms with Gasteiger partial charge in [-0.05, 0) is 29.9 Å². The number of nitrogens with zero attached hydrogens (tertiary/aromatic N) is 1. The van der Waals surface area contributed by atoms with E-state index >= 15 is 0 Å². The van der Waals surface area contributed by atoms with E-state index < -0.39 is 0 Å². The molecule has 2 rings (SSSR count). The summed E-state index contributed by atoms with van der Waals surface area (Å²) in [5, 5.41) is 0. The lowest BCUT2D eigenvalue weighted by Gasteiger charge is -2.36. The summed E-state index contributed by atoms with van der Waals surface area (Å²) < 4.78 is 0.